The highest BCUT2D eigenvalue weighted by Gasteiger charge is 1.98. The Morgan fingerprint density at radius 1 is 0.800 bits per heavy atom. The van der Waals surface area contributed by atoms with Gasteiger partial charge in [-0.05, 0) is 25.7 Å². The van der Waals surface area contributed by atoms with Crippen molar-refractivity contribution in [2.45, 2.75) is 90.4 Å². The minimum absolute atomic E-state index is 0.0722. The molecular weight excluding hydrogens is 248 g/mol. The molecule has 0 saturated carbocycles. The Labute approximate surface area is 126 Å². The van der Waals surface area contributed by atoms with Gasteiger partial charge in [-0.25, -0.2) is 0 Å². The lowest BCUT2D eigenvalue weighted by Gasteiger charge is -2.01. The Bertz CT molecular complexity index is 234. The number of carbonyl (C=O) groups excluding carboxylic acids is 1. The fourth-order valence-electron chi connectivity index (χ4n) is 2.25. The van der Waals surface area contributed by atoms with Crippen LogP contribution in [0.1, 0.15) is 90.4 Å². The Morgan fingerprint density at radius 2 is 1.30 bits per heavy atom. The summed E-state index contributed by atoms with van der Waals surface area (Å²) in [5.74, 6) is -0.0722. The summed E-state index contributed by atoms with van der Waals surface area (Å²) in [6.07, 6.45) is 20.5. The minimum atomic E-state index is -0.0722. The lowest BCUT2D eigenvalue weighted by Crippen LogP contribution is -1.99. The highest BCUT2D eigenvalue weighted by atomic mass is 16.5. The smallest absolute Gasteiger partial charge is 0.305 e. The molecule has 0 radical (unpaired) electrons. The molecule has 0 bridgehead atoms. The fourth-order valence-corrected chi connectivity index (χ4v) is 2.25. The van der Waals surface area contributed by atoms with Gasteiger partial charge in [0.15, 0.2) is 0 Å². The van der Waals surface area contributed by atoms with Crippen LogP contribution in [0.25, 0.3) is 0 Å². The average molecular weight is 282 g/mol. The van der Waals surface area contributed by atoms with Crippen LogP contribution in [-0.2, 0) is 9.53 Å². The third-order valence-corrected chi connectivity index (χ3v) is 3.62. The van der Waals surface area contributed by atoms with Gasteiger partial charge in [0.05, 0.1) is 7.11 Å². The van der Waals surface area contributed by atoms with Gasteiger partial charge in [0.1, 0.15) is 0 Å². The van der Waals surface area contributed by atoms with E-state index in [1.54, 1.807) is 0 Å². The van der Waals surface area contributed by atoms with Crippen molar-refractivity contribution in [1.29, 1.82) is 0 Å². The highest BCUT2D eigenvalue weighted by molar-refractivity contribution is 5.68. The van der Waals surface area contributed by atoms with Gasteiger partial charge in [-0.15, -0.1) is 0 Å². The van der Waals surface area contributed by atoms with E-state index in [-0.39, 0.29) is 5.97 Å². The molecular formula is C18H34O2. The van der Waals surface area contributed by atoms with E-state index in [9.17, 15) is 4.79 Å². The van der Waals surface area contributed by atoms with Crippen LogP contribution < -0.4 is 0 Å². The molecule has 0 unspecified atom stereocenters. The molecule has 118 valence electrons. The maximum Gasteiger partial charge on any atom is 0.305 e. The number of unbranched alkanes of at least 4 members (excludes halogenated alkanes) is 10. The van der Waals surface area contributed by atoms with E-state index >= 15 is 0 Å². The number of hydrogen-bond donors (Lipinski definition) is 0. The summed E-state index contributed by atoms with van der Waals surface area (Å²) in [4.78, 5) is 10.9. The van der Waals surface area contributed by atoms with Gasteiger partial charge in [0, 0.05) is 6.42 Å². The van der Waals surface area contributed by atoms with Gasteiger partial charge < -0.3 is 4.74 Å². The first-order valence-electron chi connectivity index (χ1n) is 8.53. The number of esters is 1. The van der Waals surface area contributed by atoms with Crippen LogP contribution in [0.4, 0.5) is 0 Å². The second-order valence-corrected chi connectivity index (χ2v) is 5.56. The van der Waals surface area contributed by atoms with Crippen LogP contribution in [0.15, 0.2) is 12.2 Å². The van der Waals surface area contributed by atoms with Crippen LogP contribution in [0.3, 0.4) is 0 Å². The molecule has 0 aliphatic rings. The zero-order valence-electron chi connectivity index (χ0n) is 13.7. The monoisotopic (exact) mass is 282 g/mol. The molecule has 0 spiro atoms. The molecule has 0 rings (SSSR count). The summed E-state index contributed by atoms with van der Waals surface area (Å²) >= 11 is 0. The summed E-state index contributed by atoms with van der Waals surface area (Å²) in [6, 6.07) is 0. The van der Waals surface area contributed by atoms with Crippen LogP contribution in [-0.4, -0.2) is 13.1 Å². The lowest BCUT2D eigenvalue weighted by molar-refractivity contribution is -0.140. The molecule has 0 aromatic carbocycles. The van der Waals surface area contributed by atoms with Crippen molar-refractivity contribution in [3.8, 4) is 0 Å². The standard InChI is InChI=1S/C18H34O2/c1-3-4-5-6-7-8-9-10-11-12-13-14-15-16-17-18(19)20-2/h6-7H,3-5,8-17H2,1-2H3. The second-order valence-electron chi connectivity index (χ2n) is 5.56. The molecule has 20 heavy (non-hydrogen) atoms. The molecule has 2 heteroatoms. The van der Waals surface area contributed by atoms with Crippen molar-refractivity contribution in [3.63, 3.8) is 0 Å². The van der Waals surface area contributed by atoms with E-state index in [2.05, 4.69) is 23.8 Å². The quantitative estimate of drug-likeness (QED) is 0.228. The van der Waals surface area contributed by atoms with E-state index in [1.807, 2.05) is 0 Å². The molecule has 0 aromatic rings. The Hall–Kier alpha value is -0.790. The van der Waals surface area contributed by atoms with Crippen molar-refractivity contribution in [2.75, 3.05) is 7.11 Å². The predicted molar refractivity (Wildman–Crippen MR) is 86.9 cm³/mol. The van der Waals surface area contributed by atoms with Gasteiger partial charge in [-0.3, -0.25) is 4.79 Å². The van der Waals surface area contributed by atoms with E-state index < -0.39 is 0 Å². The SMILES string of the molecule is CCCCC=CCCCCCCCCCCC(=O)OC. The summed E-state index contributed by atoms with van der Waals surface area (Å²) < 4.78 is 4.62. The molecule has 0 saturated heterocycles. The molecule has 0 aromatic heterocycles. The number of hydrogen-bond acceptors (Lipinski definition) is 2. The fraction of sp³-hybridized carbons (Fsp3) is 0.833. The molecule has 0 amide bonds. The summed E-state index contributed by atoms with van der Waals surface area (Å²) in [6.45, 7) is 2.24. The number of carbonyl (C=O) groups is 1. The molecule has 2 nitrogen and oxygen atoms in total. The van der Waals surface area contributed by atoms with Crippen LogP contribution >= 0.6 is 0 Å². The van der Waals surface area contributed by atoms with Gasteiger partial charge >= 0.3 is 5.97 Å². The maximum atomic E-state index is 10.9. The van der Waals surface area contributed by atoms with Crippen molar-refractivity contribution in [3.05, 3.63) is 12.2 Å². The maximum absolute atomic E-state index is 10.9. The molecule has 0 aliphatic heterocycles. The van der Waals surface area contributed by atoms with Crippen LogP contribution in [0.2, 0.25) is 0 Å². The predicted octanol–water partition coefficient (Wildman–Crippen LogP) is 5.81. The number of rotatable bonds is 14. The van der Waals surface area contributed by atoms with Crippen molar-refractivity contribution < 1.29 is 9.53 Å². The molecule has 0 atom stereocenters. The summed E-state index contributed by atoms with van der Waals surface area (Å²) in [7, 11) is 1.46. The Morgan fingerprint density at radius 3 is 1.85 bits per heavy atom. The lowest BCUT2D eigenvalue weighted by atomic mass is 10.1. The van der Waals surface area contributed by atoms with Crippen LogP contribution in [0, 0.1) is 0 Å². The van der Waals surface area contributed by atoms with Crippen LogP contribution in [0.5, 0.6) is 0 Å². The number of ether oxygens (including phenoxy) is 1. The Balaban J connectivity index is 3.06. The second kappa shape index (κ2) is 16.3. The molecule has 0 aliphatic carbocycles. The topological polar surface area (TPSA) is 26.3 Å². The third kappa shape index (κ3) is 15.3. The third-order valence-electron chi connectivity index (χ3n) is 3.62. The minimum Gasteiger partial charge on any atom is -0.469 e. The normalized spacial score (nSPS) is 11.1. The van der Waals surface area contributed by atoms with Gasteiger partial charge in [0.2, 0.25) is 0 Å². The first kappa shape index (κ1) is 19.2. The molecule has 0 N–H and O–H groups in total. The highest BCUT2D eigenvalue weighted by Crippen LogP contribution is 2.11. The van der Waals surface area contributed by atoms with E-state index in [4.69, 9.17) is 0 Å². The van der Waals surface area contributed by atoms with E-state index in [0.29, 0.717) is 6.42 Å². The number of allylic oxidation sites excluding steroid dienone is 2. The summed E-state index contributed by atoms with van der Waals surface area (Å²) in [5.41, 5.74) is 0. The largest absolute Gasteiger partial charge is 0.469 e. The first-order valence-corrected chi connectivity index (χ1v) is 8.53. The van der Waals surface area contributed by atoms with Gasteiger partial charge in [0.25, 0.3) is 0 Å². The summed E-state index contributed by atoms with van der Waals surface area (Å²) in [5, 5.41) is 0. The Kier molecular flexibility index (Phi) is 15.6. The van der Waals surface area contributed by atoms with E-state index in [0.717, 1.165) is 12.8 Å². The van der Waals surface area contributed by atoms with Crippen molar-refractivity contribution in [2.24, 2.45) is 0 Å². The molecule has 0 heterocycles. The molecule has 0 fully saturated rings. The van der Waals surface area contributed by atoms with E-state index in [1.165, 1.54) is 71.3 Å². The number of methoxy groups -OCH3 is 1. The first-order chi connectivity index (χ1) is 9.81. The van der Waals surface area contributed by atoms with Crippen molar-refractivity contribution >= 4 is 5.97 Å². The zero-order valence-corrected chi connectivity index (χ0v) is 13.7. The average Bonchev–Trinajstić information content (AvgIpc) is 2.47. The van der Waals surface area contributed by atoms with Crippen molar-refractivity contribution in [1.82, 2.24) is 0 Å². The van der Waals surface area contributed by atoms with Gasteiger partial charge in [-0.1, -0.05) is 70.4 Å². The zero-order chi connectivity index (χ0) is 14.9. The van der Waals surface area contributed by atoms with Gasteiger partial charge in [-0.2, -0.15) is 0 Å².